The maximum absolute atomic E-state index is 11.6. The molecule has 0 aliphatic heterocycles. The van der Waals surface area contributed by atoms with Crippen LogP contribution < -0.4 is 5.32 Å². The summed E-state index contributed by atoms with van der Waals surface area (Å²) in [5, 5.41) is 2.31. The molecule has 7 heteroatoms. The van der Waals surface area contributed by atoms with E-state index in [2.05, 4.69) is 5.32 Å². The van der Waals surface area contributed by atoms with Crippen LogP contribution in [0.2, 0.25) is 0 Å². The molecule has 0 bridgehead atoms. The molecular weight excluding hydrogens is 274 g/mol. The molecule has 0 spiro atoms. The Labute approximate surface area is 115 Å². The molecule has 0 rings (SSSR count). The second-order valence-corrected chi connectivity index (χ2v) is 6.61. The van der Waals surface area contributed by atoms with E-state index in [1.54, 1.807) is 0 Å². The van der Waals surface area contributed by atoms with Crippen molar-refractivity contribution in [1.82, 2.24) is 5.32 Å². The Kier molecular flexibility index (Phi) is 8.74. The van der Waals surface area contributed by atoms with Crippen LogP contribution in [0.4, 0.5) is 0 Å². The van der Waals surface area contributed by atoms with Gasteiger partial charge in [-0.2, -0.15) is 0 Å². The van der Waals surface area contributed by atoms with Gasteiger partial charge in [0.2, 0.25) is 5.91 Å². The van der Waals surface area contributed by atoms with Crippen molar-refractivity contribution in [2.45, 2.75) is 38.2 Å². The first-order chi connectivity index (χ1) is 8.31. The highest BCUT2D eigenvalue weighted by molar-refractivity contribution is 8.29. The minimum absolute atomic E-state index is 0.0402. The van der Waals surface area contributed by atoms with E-state index in [0.717, 1.165) is 23.5 Å². The summed E-state index contributed by atoms with van der Waals surface area (Å²) >= 11 is 2.00. The molecule has 0 radical (unpaired) electrons. The van der Waals surface area contributed by atoms with Crippen molar-refractivity contribution in [2.24, 2.45) is 0 Å². The van der Waals surface area contributed by atoms with Gasteiger partial charge in [0, 0.05) is 33.2 Å². The van der Waals surface area contributed by atoms with Gasteiger partial charge in [-0.25, -0.2) is 0 Å². The summed E-state index contributed by atoms with van der Waals surface area (Å²) < 4.78 is -0.342. The number of nitrogens with one attached hydrogen (secondary N) is 1. The number of carbonyl (C=O) groups is 4. The average Bonchev–Trinajstić information content (AvgIpc) is 2.22. The minimum atomic E-state index is -0.342. The van der Waals surface area contributed by atoms with E-state index in [9.17, 15) is 19.2 Å². The molecule has 1 unspecified atom stereocenters. The lowest BCUT2D eigenvalue weighted by atomic mass is 10.2. The Morgan fingerprint density at radius 2 is 1.61 bits per heavy atom. The molecule has 102 valence electrons. The van der Waals surface area contributed by atoms with Crippen LogP contribution >= 0.6 is 23.5 Å². The number of Topliss-reactive ketones (excluding diaryl/α,β-unsaturated/α-hetero) is 1. The fourth-order valence-corrected chi connectivity index (χ4v) is 3.14. The van der Waals surface area contributed by atoms with Crippen molar-refractivity contribution in [1.29, 1.82) is 0 Å². The van der Waals surface area contributed by atoms with Crippen LogP contribution in [0.5, 0.6) is 0 Å². The summed E-state index contributed by atoms with van der Waals surface area (Å²) in [7, 11) is 0. The molecule has 0 aliphatic rings. The molecule has 0 aromatic heterocycles. The van der Waals surface area contributed by atoms with Crippen molar-refractivity contribution in [3.8, 4) is 0 Å². The third-order valence-electron chi connectivity index (χ3n) is 1.76. The Bertz CT molecular complexity index is 344. The molecule has 0 aliphatic carbocycles. The van der Waals surface area contributed by atoms with Crippen molar-refractivity contribution in [3.05, 3.63) is 0 Å². The average molecular weight is 291 g/mol. The molecule has 0 saturated carbocycles. The minimum Gasteiger partial charge on any atom is -0.354 e. The molecule has 0 fully saturated rings. The third kappa shape index (κ3) is 10.3. The predicted octanol–water partition coefficient (Wildman–Crippen LogP) is 1.36. The molecular formula is C11H17NO4S2. The van der Waals surface area contributed by atoms with Gasteiger partial charge in [0.15, 0.2) is 10.2 Å². The van der Waals surface area contributed by atoms with Gasteiger partial charge in [-0.3, -0.25) is 14.4 Å². The van der Waals surface area contributed by atoms with Gasteiger partial charge in [-0.15, -0.1) is 0 Å². The number of rotatable bonds is 7. The Morgan fingerprint density at radius 3 is 2.06 bits per heavy atom. The van der Waals surface area contributed by atoms with Crippen LogP contribution in [0, 0.1) is 0 Å². The third-order valence-corrected chi connectivity index (χ3v) is 3.99. The number of hydrogen-bond donors (Lipinski definition) is 1. The molecule has 5 nitrogen and oxygen atoms in total. The van der Waals surface area contributed by atoms with Crippen molar-refractivity contribution in [2.75, 3.05) is 6.54 Å². The van der Waals surface area contributed by atoms with Crippen LogP contribution in [0.3, 0.4) is 0 Å². The highest BCUT2D eigenvalue weighted by Crippen LogP contribution is 2.25. The smallest absolute Gasteiger partial charge is 0.216 e. The second kappa shape index (κ2) is 9.16. The summed E-state index contributed by atoms with van der Waals surface area (Å²) in [4.78, 5) is 44.1. The molecule has 0 heterocycles. The largest absolute Gasteiger partial charge is 0.354 e. The lowest BCUT2D eigenvalue weighted by Crippen LogP contribution is -2.28. The maximum Gasteiger partial charge on any atom is 0.216 e. The highest BCUT2D eigenvalue weighted by Gasteiger charge is 2.18. The van der Waals surface area contributed by atoms with Gasteiger partial charge in [0.25, 0.3) is 0 Å². The van der Waals surface area contributed by atoms with E-state index in [1.807, 2.05) is 0 Å². The van der Waals surface area contributed by atoms with Gasteiger partial charge in [0.1, 0.15) is 5.78 Å². The van der Waals surface area contributed by atoms with Gasteiger partial charge < -0.3 is 10.1 Å². The normalized spacial score (nSPS) is 11.7. The fourth-order valence-electron chi connectivity index (χ4n) is 1.00. The van der Waals surface area contributed by atoms with E-state index in [1.165, 1.54) is 20.8 Å². The SMILES string of the molecule is CC(=O)CCC(=O)SC(CNC(C)=O)SC(C)=O. The zero-order chi connectivity index (χ0) is 14.1. The summed E-state index contributed by atoms with van der Waals surface area (Å²) in [6.45, 7) is 4.46. The van der Waals surface area contributed by atoms with Crippen molar-refractivity contribution >= 4 is 45.4 Å². The number of ketones is 1. The van der Waals surface area contributed by atoms with E-state index in [4.69, 9.17) is 0 Å². The lowest BCUT2D eigenvalue weighted by Gasteiger charge is -2.13. The van der Waals surface area contributed by atoms with E-state index in [0.29, 0.717) is 0 Å². The number of carbonyl (C=O) groups excluding carboxylic acids is 4. The topological polar surface area (TPSA) is 80.3 Å². The molecule has 1 N–H and O–H groups in total. The van der Waals surface area contributed by atoms with Gasteiger partial charge in [-0.1, -0.05) is 23.5 Å². The van der Waals surface area contributed by atoms with Gasteiger partial charge >= 0.3 is 0 Å². The quantitative estimate of drug-likeness (QED) is 0.713. The molecule has 0 aromatic carbocycles. The summed E-state index contributed by atoms with van der Waals surface area (Å²) in [5.74, 6) is -0.248. The van der Waals surface area contributed by atoms with Crippen molar-refractivity contribution in [3.63, 3.8) is 0 Å². The van der Waals surface area contributed by atoms with E-state index in [-0.39, 0.29) is 45.9 Å². The maximum atomic E-state index is 11.6. The monoisotopic (exact) mass is 291 g/mol. The standard InChI is InChI=1S/C11H17NO4S2/c1-7(13)4-5-10(16)18-11(17-9(3)15)6-12-8(2)14/h11H,4-6H2,1-3H3,(H,12,14). The van der Waals surface area contributed by atoms with Gasteiger partial charge in [0.05, 0.1) is 4.58 Å². The van der Waals surface area contributed by atoms with Crippen LogP contribution in [-0.4, -0.2) is 33.0 Å². The number of thioether (sulfide) groups is 2. The second-order valence-electron chi connectivity index (χ2n) is 3.67. The summed E-state index contributed by atoms with van der Waals surface area (Å²) in [5.41, 5.74) is 0. The molecule has 1 atom stereocenters. The molecule has 18 heavy (non-hydrogen) atoms. The van der Waals surface area contributed by atoms with Crippen LogP contribution in [0.1, 0.15) is 33.6 Å². The van der Waals surface area contributed by atoms with Crippen LogP contribution in [0.15, 0.2) is 0 Å². The number of hydrogen-bond acceptors (Lipinski definition) is 6. The Hall–Kier alpha value is -0.820. The molecule has 0 saturated heterocycles. The Morgan fingerprint density at radius 1 is 1.00 bits per heavy atom. The first-order valence-electron chi connectivity index (χ1n) is 5.42. The molecule has 0 aromatic rings. The summed E-state index contributed by atoms with van der Waals surface area (Å²) in [6, 6.07) is 0. The number of amides is 1. The van der Waals surface area contributed by atoms with Crippen LogP contribution in [0.25, 0.3) is 0 Å². The highest BCUT2D eigenvalue weighted by atomic mass is 32.2. The van der Waals surface area contributed by atoms with Gasteiger partial charge in [-0.05, 0) is 6.92 Å². The summed E-state index contributed by atoms with van der Waals surface area (Å²) in [6.07, 6.45) is 0.373. The molecule has 1 amide bonds. The fraction of sp³-hybridized carbons (Fsp3) is 0.636. The van der Waals surface area contributed by atoms with Crippen LogP contribution in [-0.2, 0) is 19.2 Å². The predicted molar refractivity (Wildman–Crippen MR) is 73.3 cm³/mol. The Balaban J connectivity index is 4.20. The first-order valence-corrected chi connectivity index (χ1v) is 7.17. The zero-order valence-electron chi connectivity index (χ0n) is 10.6. The van der Waals surface area contributed by atoms with E-state index >= 15 is 0 Å². The first kappa shape index (κ1) is 17.2. The van der Waals surface area contributed by atoms with E-state index < -0.39 is 0 Å². The zero-order valence-corrected chi connectivity index (χ0v) is 12.3. The lowest BCUT2D eigenvalue weighted by molar-refractivity contribution is -0.119. The van der Waals surface area contributed by atoms with Crippen molar-refractivity contribution < 1.29 is 19.2 Å².